The van der Waals surface area contributed by atoms with Gasteiger partial charge in [0.15, 0.2) is 0 Å². The molecule has 1 aromatic heterocycles. The molecule has 3 aromatic carbocycles. The van der Waals surface area contributed by atoms with Crippen LogP contribution < -0.4 is 10.6 Å². The number of hydrogen-bond acceptors (Lipinski definition) is 6. The molecule has 1 amide bonds. The van der Waals surface area contributed by atoms with Crippen molar-refractivity contribution in [2.24, 2.45) is 20.9 Å². The number of halogens is 2. The molecule has 4 aromatic rings. The molecule has 2 unspecified atom stereocenters. The number of anilines is 1. The van der Waals surface area contributed by atoms with Crippen molar-refractivity contribution in [3.05, 3.63) is 118 Å². The number of amides is 1. The molecule has 3 heterocycles. The van der Waals surface area contributed by atoms with E-state index in [1.165, 1.54) is 0 Å². The van der Waals surface area contributed by atoms with Crippen LogP contribution in [0.1, 0.15) is 64.1 Å². The second-order valence-corrected chi connectivity index (χ2v) is 11.4. The first-order valence-corrected chi connectivity index (χ1v) is 14.6. The van der Waals surface area contributed by atoms with Gasteiger partial charge in [-0.1, -0.05) is 37.6 Å². The summed E-state index contributed by atoms with van der Waals surface area (Å²) in [6, 6.07) is 17.8. The van der Waals surface area contributed by atoms with Crippen LogP contribution in [0.25, 0.3) is 0 Å². The summed E-state index contributed by atoms with van der Waals surface area (Å²) in [7, 11) is 0. The molecule has 6 rings (SSSR count). The third-order valence-electron chi connectivity index (χ3n) is 7.66. The average Bonchev–Trinajstić information content (AvgIpc) is 3.47. The Morgan fingerprint density at radius 1 is 1.09 bits per heavy atom. The highest BCUT2D eigenvalue weighted by Gasteiger charge is 2.32. The monoisotopic (exact) mass is 595 g/mol. The van der Waals surface area contributed by atoms with Gasteiger partial charge >= 0.3 is 0 Å². The quantitative estimate of drug-likeness (QED) is 0.231. The van der Waals surface area contributed by atoms with Crippen molar-refractivity contribution in [1.29, 1.82) is 0 Å². The first kappa shape index (κ1) is 28.5. The van der Waals surface area contributed by atoms with Gasteiger partial charge in [-0.25, -0.2) is 19.4 Å². The zero-order valence-electron chi connectivity index (χ0n) is 23.8. The van der Waals surface area contributed by atoms with Crippen LogP contribution in [0, 0.1) is 11.7 Å². The lowest BCUT2D eigenvalue weighted by atomic mass is 9.88. The number of aromatic amines is 1. The van der Waals surface area contributed by atoms with Crippen molar-refractivity contribution in [3.8, 4) is 0 Å². The van der Waals surface area contributed by atoms with Crippen LogP contribution in [0.5, 0.6) is 0 Å². The van der Waals surface area contributed by atoms with Crippen LogP contribution in [0.2, 0.25) is 5.02 Å². The topological polar surface area (TPSA) is 107 Å². The minimum absolute atomic E-state index is 0.103. The minimum atomic E-state index is -0.310. The van der Waals surface area contributed by atoms with E-state index in [0.717, 1.165) is 28.1 Å². The third-order valence-corrected chi connectivity index (χ3v) is 7.89. The molecule has 43 heavy (non-hydrogen) atoms. The van der Waals surface area contributed by atoms with Crippen LogP contribution in [-0.4, -0.2) is 46.9 Å². The molecule has 10 heteroatoms. The zero-order valence-corrected chi connectivity index (χ0v) is 24.6. The number of carbonyl (C=O) groups is 1. The number of carbonyl (C=O) groups excluding carboxylic acids is 1. The lowest BCUT2D eigenvalue weighted by Gasteiger charge is -2.24. The molecule has 0 spiro atoms. The van der Waals surface area contributed by atoms with Gasteiger partial charge in [0.2, 0.25) is 5.96 Å². The van der Waals surface area contributed by atoms with Crippen molar-refractivity contribution in [1.82, 2.24) is 15.3 Å². The van der Waals surface area contributed by atoms with Crippen molar-refractivity contribution >= 4 is 41.1 Å². The zero-order chi connectivity index (χ0) is 29.9. The molecular weight excluding hydrogens is 565 g/mol. The van der Waals surface area contributed by atoms with Gasteiger partial charge in [0.1, 0.15) is 5.82 Å². The van der Waals surface area contributed by atoms with Crippen LogP contribution in [0.3, 0.4) is 0 Å². The highest BCUT2D eigenvalue weighted by molar-refractivity contribution is 6.31. The van der Waals surface area contributed by atoms with Crippen molar-refractivity contribution in [2.45, 2.75) is 32.2 Å². The molecule has 218 valence electrons. The van der Waals surface area contributed by atoms with E-state index in [-0.39, 0.29) is 29.6 Å². The van der Waals surface area contributed by atoms with Gasteiger partial charge in [-0.05, 0) is 65.6 Å². The largest absolute Gasteiger partial charge is 0.352 e. The number of H-pyrrole nitrogens is 1. The lowest BCUT2D eigenvalue weighted by Crippen LogP contribution is -2.26. The van der Waals surface area contributed by atoms with E-state index in [4.69, 9.17) is 21.6 Å². The number of guanidine groups is 1. The first-order chi connectivity index (χ1) is 20.9. The van der Waals surface area contributed by atoms with E-state index in [9.17, 15) is 4.79 Å². The summed E-state index contributed by atoms with van der Waals surface area (Å²) in [4.78, 5) is 33.9. The molecule has 2 aliphatic heterocycles. The summed E-state index contributed by atoms with van der Waals surface area (Å²) < 4.78 is 15.4. The SMILES string of the molecule is CC(C)c1ccc(C2=NCC3C=NC(Nc4ccc(C(=O)NCCc5cnc[nH]5)cc4)=NC3c3ccc(Cl)cc32)c(F)c1. The van der Waals surface area contributed by atoms with E-state index in [1.807, 2.05) is 56.5 Å². The summed E-state index contributed by atoms with van der Waals surface area (Å²) in [6.07, 6.45) is 5.88. The first-order valence-electron chi connectivity index (χ1n) is 14.2. The number of aromatic nitrogens is 2. The maximum atomic E-state index is 15.4. The van der Waals surface area contributed by atoms with Crippen molar-refractivity contribution in [2.75, 3.05) is 18.4 Å². The summed E-state index contributed by atoms with van der Waals surface area (Å²) in [5, 5.41) is 6.72. The van der Waals surface area contributed by atoms with E-state index < -0.39 is 0 Å². The Morgan fingerprint density at radius 2 is 1.93 bits per heavy atom. The Bertz CT molecular complexity index is 1730. The standard InChI is InChI=1S/C33H31ClFN7O/c1-19(2)21-5-9-27(29(35)13-21)31-28-14-23(34)6-10-26(28)30-22(15-38-31)16-39-33(42-30)41-24-7-3-20(4-8-24)32(43)37-12-11-25-17-36-18-40-25/h3-10,13-14,16-19,22,30H,11-12,15H2,1-2H3,(H,36,40)(H,37,43)(H,41,42). The van der Waals surface area contributed by atoms with Gasteiger partial charge in [-0.2, -0.15) is 0 Å². The minimum Gasteiger partial charge on any atom is -0.352 e. The fourth-order valence-electron chi connectivity index (χ4n) is 5.27. The van der Waals surface area contributed by atoms with Gasteiger partial charge in [0.05, 0.1) is 18.1 Å². The number of imidazole rings is 1. The summed E-state index contributed by atoms with van der Waals surface area (Å²) in [5.41, 5.74) is 5.87. The maximum absolute atomic E-state index is 15.4. The normalized spacial score (nSPS) is 17.4. The van der Waals surface area contributed by atoms with E-state index in [0.29, 0.717) is 47.3 Å². The van der Waals surface area contributed by atoms with Gasteiger partial charge in [-0.15, -0.1) is 0 Å². The lowest BCUT2D eigenvalue weighted by molar-refractivity contribution is 0.0954. The Balaban J connectivity index is 1.20. The molecule has 2 aliphatic rings. The van der Waals surface area contributed by atoms with Gasteiger partial charge < -0.3 is 15.6 Å². The number of rotatable bonds is 7. The third kappa shape index (κ3) is 6.27. The number of nitrogens with zero attached hydrogens (tertiary/aromatic N) is 4. The van der Waals surface area contributed by atoms with E-state index >= 15 is 4.39 Å². The number of fused-ring (bicyclic) bond motifs is 3. The van der Waals surface area contributed by atoms with Gasteiger partial charge in [0.25, 0.3) is 5.91 Å². The summed E-state index contributed by atoms with van der Waals surface area (Å²) in [6.45, 7) is 4.99. The second kappa shape index (κ2) is 12.3. The fraction of sp³-hybridized carbons (Fsp3) is 0.242. The number of aliphatic imine (C=N–C) groups is 3. The summed E-state index contributed by atoms with van der Waals surface area (Å²) >= 11 is 6.43. The molecule has 0 saturated carbocycles. The van der Waals surface area contributed by atoms with Crippen molar-refractivity contribution in [3.63, 3.8) is 0 Å². The molecule has 0 bridgehead atoms. The molecule has 2 atom stereocenters. The molecule has 0 fully saturated rings. The number of benzene rings is 3. The maximum Gasteiger partial charge on any atom is 0.251 e. The molecule has 3 N–H and O–H groups in total. The molecule has 0 radical (unpaired) electrons. The highest BCUT2D eigenvalue weighted by Crippen LogP contribution is 2.37. The Morgan fingerprint density at radius 3 is 2.67 bits per heavy atom. The van der Waals surface area contributed by atoms with Gasteiger partial charge in [-0.3, -0.25) is 9.79 Å². The molecule has 0 saturated heterocycles. The van der Waals surface area contributed by atoms with Crippen LogP contribution >= 0.6 is 11.6 Å². The van der Waals surface area contributed by atoms with Crippen LogP contribution in [-0.2, 0) is 6.42 Å². The number of hydrogen-bond donors (Lipinski definition) is 3. The predicted molar refractivity (Wildman–Crippen MR) is 169 cm³/mol. The Kier molecular flexibility index (Phi) is 8.16. The Hall–Kier alpha value is -4.63. The van der Waals surface area contributed by atoms with Crippen LogP contribution in [0.4, 0.5) is 10.1 Å². The Labute approximate surface area is 254 Å². The van der Waals surface area contributed by atoms with Gasteiger partial charge in [0, 0.05) is 70.9 Å². The second-order valence-electron chi connectivity index (χ2n) is 10.9. The molecule has 8 nitrogen and oxygen atoms in total. The van der Waals surface area contributed by atoms with Crippen molar-refractivity contribution < 1.29 is 9.18 Å². The van der Waals surface area contributed by atoms with E-state index in [1.54, 1.807) is 36.8 Å². The molecular formula is C33H31ClFN7O. The van der Waals surface area contributed by atoms with Crippen LogP contribution in [0.15, 0.2) is 88.2 Å². The number of nitrogens with one attached hydrogen (secondary N) is 3. The average molecular weight is 596 g/mol. The molecule has 0 aliphatic carbocycles. The summed E-state index contributed by atoms with van der Waals surface area (Å²) in [5.74, 6) is 0.0904. The fourth-order valence-corrected chi connectivity index (χ4v) is 5.45. The smallest absolute Gasteiger partial charge is 0.251 e. The highest BCUT2D eigenvalue weighted by atomic mass is 35.5. The van der Waals surface area contributed by atoms with E-state index in [2.05, 4.69) is 25.6 Å². The predicted octanol–water partition coefficient (Wildman–Crippen LogP) is 6.36.